The number of halogens is 1. The molecule has 1 atom stereocenters. The summed E-state index contributed by atoms with van der Waals surface area (Å²) < 4.78 is 17.9. The Morgan fingerprint density at radius 3 is 2.82 bits per heavy atom. The van der Waals surface area contributed by atoms with E-state index in [0.717, 1.165) is 0 Å². The Kier molecular flexibility index (Phi) is 4.90. The highest BCUT2D eigenvalue weighted by Gasteiger charge is 2.09. The second-order valence-electron chi connectivity index (χ2n) is 4.09. The molecule has 17 heavy (non-hydrogen) atoms. The van der Waals surface area contributed by atoms with Gasteiger partial charge in [-0.25, -0.2) is 4.39 Å². The summed E-state index contributed by atoms with van der Waals surface area (Å²) >= 11 is 0. The quantitative estimate of drug-likeness (QED) is 0.774. The van der Waals surface area contributed by atoms with Gasteiger partial charge in [0.15, 0.2) is 0 Å². The molecule has 0 heterocycles. The van der Waals surface area contributed by atoms with Gasteiger partial charge in [0.25, 0.3) is 0 Å². The molecule has 0 aliphatic carbocycles. The molecule has 1 aromatic carbocycles. The summed E-state index contributed by atoms with van der Waals surface area (Å²) in [4.78, 5) is 11.6. The summed E-state index contributed by atoms with van der Waals surface area (Å²) in [5.74, 6) is -0.532. The standard InChI is InChI=1S/C12H17FN2O2/c1-8(7-17-2)3-12(16)15-11-5-9(13)4-10(14)6-11/h4-6,8H,3,7,14H2,1-2H3,(H,15,16). The molecule has 1 rings (SSSR count). The highest BCUT2D eigenvalue weighted by atomic mass is 19.1. The number of hydrogen-bond acceptors (Lipinski definition) is 3. The number of benzene rings is 1. The van der Waals surface area contributed by atoms with Crippen LogP contribution in [-0.2, 0) is 9.53 Å². The summed E-state index contributed by atoms with van der Waals surface area (Å²) in [5, 5.41) is 2.60. The summed E-state index contributed by atoms with van der Waals surface area (Å²) in [6, 6.07) is 3.94. The molecule has 0 aromatic heterocycles. The van der Waals surface area contributed by atoms with Gasteiger partial charge in [-0.05, 0) is 24.1 Å². The molecule has 0 aliphatic rings. The molecule has 0 saturated heterocycles. The number of ether oxygens (including phenoxy) is 1. The first-order valence-corrected chi connectivity index (χ1v) is 5.36. The summed E-state index contributed by atoms with van der Waals surface area (Å²) in [7, 11) is 1.58. The number of methoxy groups -OCH3 is 1. The minimum absolute atomic E-state index is 0.117. The van der Waals surface area contributed by atoms with Crippen LogP contribution >= 0.6 is 0 Å². The maximum atomic E-state index is 13.0. The number of anilines is 2. The number of nitrogens with two attached hydrogens (primary N) is 1. The van der Waals surface area contributed by atoms with Crippen molar-refractivity contribution in [1.82, 2.24) is 0 Å². The van der Waals surface area contributed by atoms with Gasteiger partial charge in [0.2, 0.25) is 5.91 Å². The molecule has 0 saturated carbocycles. The minimum Gasteiger partial charge on any atom is -0.399 e. The number of carbonyl (C=O) groups excluding carboxylic acids is 1. The third-order valence-electron chi connectivity index (χ3n) is 2.19. The lowest BCUT2D eigenvalue weighted by atomic mass is 10.1. The minimum atomic E-state index is -0.467. The monoisotopic (exact) mass is 240 g/mol. The normalized spacial score (nSPS) is 12.2. The van der Waals surface area contributed by atoms with Gasteiger partial charge in [0.05, 0.1) is 0 Å². The van der Waals surface area contributed by atoms with Gasteiger partial charge >= 0.3 is 0 Å². The van der Waals surface area contributed by atoms with Crippen LogP contribution in [0.3, 0.4) is 0 Å². The zero-order valence-corrected chi connectivity index (χ0v) is 10.00. The van der Waals surface area contributed by atoms with Crippen LogP contribution in [0.2, 0.25) is 0 Å². The molecule has 4 nitrogen and oxygen atoms in total. The number of hydrogen-bond donors (Lipinski definition) is 2. The molecular weight excluding hydrogens is 223 g/mol. The Balaban J connectivity index is 2.56. The Hall–Kier alpha value is -1.62. The van der Waals surface area contributed by atoms with E-state index in [1.807, 2.05) is 6.92 Å². The Bertz CT molecular complexity index is 376. The molecule has 3 N–H and O–H groups in total. The molecular formula is C12H17FN2O2. The lowest BCUT2D eigenvalue weighted by Gasteiger charge is -2.10. The second kappa shape index (κ2) is 6.20. The van der Waals surface area contributed by atoms with E-state index in [4.69, 9.17) is 10.5 Å². The Labute approximate surface area is 100.0 Å². The first-order chi connectivity index (χ1) is 8.01. The number of amides is 1. The van der Waals surface area contributed by atoms with E-state index in [0.29, 0.717) is 18.7 Å². The average molecular weight is 240 g/mol. The average Bonchev–Trinajstić information content (AvgIpc) is 2.14. The maximum absolute atomic E-state index is 13.0. The molecule has 1 amide bonds. The van der Waals surface area contributed by atoms with Crippen LogP contribution in [0.5, 0.6) is 0 Å². The van der Waals surface area contributed by atoms with Gasteiger partial charge in [0.1, 0.15) is 5.82 Å². The SMILES string of the molecule is COCC(C)CC(=O)Nc1cc(N)cc(F)c1. The largest absolute Gasteiger partial charge is 0.399 e. The molecule has 0 aliphatic heterocycles. The van der Waals surface area contributed by atoms with Crippen molar-refractivity contribution >= 4 is 17.3 Å². The lowest BCUT2D eigenvalue weighted by Crippen LogP contribution is -2.17. The fourth-order valence-electron chi connectivity index (χ4n) is 1.56. The molecule has 1 unspecified atom stereocenters. The van der Waals surface area contributed by atoms with Gasteiger partial charge in [-0.2, -0.15) is 0 Å². The first-order valence-electron chi connectivity index (χ1n) is 5.36. The number of nitrogen functional groups attached to an aromatic ring is 1. The fraction of sp³-hybridized carbons (Fsp3) is 0.417. The molecule has 1 aromatic rings. The zero-order chi connectivity index (χ0) is 12.8. The smallest absolute Gasteiger partial charge is 0.224 e. The number of carbonyl (C=O) groups is 1. The molecule has 94 valence electrons. The van der Waals surface area contributed by atoms with Crippen molar-refractivity contribution in [1.29, 1.82) is 0 Å². The van der Waals surface area contributed by atoms with Crippen LogP contribution in [-0.4, -0.2) is 19.6 Å². The van der Waals surface area contributed by atoms with Crippen molar-refractivity contribution in [2.45, 2.75) is 13.3 Å². The summed E-state index contributed by atoms with van der Waals surface area (Å²) in [5.41, 5.74) is 6.13. The van der Waals surface area contributed by atoms with E-state index >= 15 is 0 Å². The van der Waals surface area contributed by atoms with E-state index in [1.54, 1.807) is 7.11 Å². The zero-order valence-electron chi connectivity index (χ0n) is 10.00. The Morgan fingerprint density at radius 2 is 2.24 bits per heavy atom. The molecule has 0 bridgehead atoms. The van der Waals surface area contributed by atoms with Crippen molar-refractivity contribution in [2.24, 2.45) is 5.92 Å². The molecule has 5 heteroatoms. The van der Waals surface area contributed by atoms with Crippen LogP contribution in [0.15, 0.2) is 18.2 Å². The highest BCUT2D eigenvalue weighted by molar-refractivity contribution is 5.91. The fourth-order valence-corrected chi connectivity index (χ4v) is 1.56. The van der Waals surface area contributed by atoms with Gasteiger partial charge in [-0.3, -0.25) is 4.79 Å². The van der Waals surface area contributed by atoms with Gasteiger partial charge in [-0.1, -0.05) is 6.92 Å². The number of rotatable bonds is 5. The van der Waals surface area contributed by atoms with E-state index in [-0.39, 0.29) is 17.5 Å². The van der Waals surface area contributed by atoms with E-state index in [9.17, 15) is 9.18 Å². The van der Waals surface area contributed by atoms with Crippen molar-refractivity contribution in [3.63, 3.8) is 0 Å². The second-order valence-corrected chi connectivity index (χ2v) is 4.09. The van der Waals surface area contributed by atoms with Gasteiger partial charge < -0.3 is 15.8 Å². The van der Waals surface area contributed by atoms with Crippen molar-refractivity contribution < 1.29 is 13.9 Å². The summed E-state index contributed by atoms with van der Waals surface area (Å²) in [6.45, 7) is 2.42. The molecule has 0 fully saturated rings. The van der Waals surface area contributed by atoms with Crippen molar-refractivity contribution in [2.75, 3.05) is 24.8 Å². The maximum Gasteiger partial charge on any atom is 0.224 e. The highest BCUT2D eigenvalue weighted by Crippen LogP contribution is 2.16. The first kappa shape index (κ1) is 13.4. The van der Waals surface area contributed by atoms with Crippen molar-refractivity contribution in [3.8, 4) is 0 Å². The van der Waals surface area contributed by atoms with E-state index < -0.39 is 5.82 Å². The van der Waals surface area contributed by atoms with E-state index in [2.05, 4.69) is 5.32 Å². The van der Waals surface area contributed by atoms with Crippen LogP contribution in [0.4, 0.5) is 15.8 Å². The van der Waals surface area contributed by atoms with Crippen LogP contribution in [0.1, 0.15) is 13.3 Å². The predicted octanol–water partition coefficient (Wildman–Crippen LogP) is 2.02. The molecule has 0 radical (unpaired) electrons. The van der Waals surface area contributed by atoms with Crippen LogP contribution in [0, 0.1) is 11.7 Å². The molecule has 0 spiro atoms. The summed E-state index contributed by atoms with van der Waals surface area (Å²) in [6.07, 6.45) is 0.324. The van der Waals surface area contributed by atoms with Gasteiger partial charge in [-0.15, -0.1) is 0 Å². The van der Waals surface area contributed by atoms with Gasteiger partial charge in [0, 0.05) is 31.5 Å². The number of nitrogens with one attached hydrogen (secondary N) is 1. The van der Waals surface area contributed by atoms with Crippen LogP contribution in [0.25, 0.3) is 0 Å². The third-order valence-corrected chi connectivity index (χ3v) is 2.19. The third kappa shape index (κ3) is 4.82. The topological polar surface area (TPSA) is 64.3 Å². The predicted molar refractivity (Wildman–Crippen MR) is 65.1 cm³/mol. The lowest BCUT2D eigenvalue weighted by molar-refractivity contribution is -0.117. The Morgan fingerprint density at radius 1 is 1.53 bits per heavy atom. The van der Waals surface area contributed by atoms with Crippen molar-refractivity contribution in [3.05, 3.63) is 24.0 Å². The van der Waals surface area contributed by atoms with Crippen LogP contribution < -0.4 is 11.1 Å². The van der Waals surface area contributed by atoms with E-state index in [1.165, 1.54) is 18.2 Å².